The molecule has 2 rings (SSSR count). The number of amides is 1. The summed E-state index contributed by atoms with van der Waals surface area (Å²) in [5.41, 5.74) is 14.0. The van der Waals surface area contributed by atoms with E-state index < -0.39 is 11.4 Å². The van der Waals surface area contributed by atoms with E-state index in [0.717, 1.165) is 12.0 Å². The smallest absolute Gasteiger partial charge is 0.239 e. The molecule has 125 valence electrons. The standard InChI is InChI=1S/C16H24N5O2/c17-14(22)16(8-4-10-21(16)20-15(18)19)9-5-11-23-12-13-6-2-1-3-7-13/h1-3,5-7H,4,8-12H2,(H2,17,22)(H4,18,19,20). The van der Waals surface area contributed by atoms with Crippen molar-refractivity contribution in [3.63, 3.8) is 0 Å². The van der Waals surface area contributed by atoms with Crippen LogP contribution in [-0.4, -0.2) is 35.6 Å². The number of guanidine groups is 1. The Hall–Kier alpha value is -2.12. The van der Waals surface area contributed by atoms with Gasteiger partial charge in [0, 0.05) is 6.54 Å². The molecule has 0 spiro atoms. The molecule has 6 N–H and O–H groups in total. The van der Waals surface area contributed by atoms with E-state index in [-0.39, 0.29) is 5.96 Å². The molecule has 1 aliphatic heterocycles. The molecule has 1 fully saturated rings. The zero-order valence-electron chi connectivity index (χ0n) is 13.1. The van der Waals surface area contributed by atoms with Crippen LogP contribution in [0.3, 0.4) is 0 Å². The monoisotopic (exact) mass is 318 g/mol. The van der Waals surface area contributed by atoms with Crippen LogP contribution in [0.1, 0.15) is 24.8 Å². The lowest BCUT2D eigenvalue weighted by Crippen LogP contribution is -2.61. The molecule has 7 nitrogen and oxygen atoms in total. The maximum absolute atomic E-state index is 12.0. The average Bonchev–Trinajstić information content (AvgIpc) is 2.91. The molecule has 1 aromatic carbocycles. The maximum atomic E-state index is 12.0. The summed E-state index contributed by atoms with van der Waals surface area (Å²) in [6, 6.07) is 9.90. The summed E-state index contributed by atoms with van der Waals surface area (Å²) in [6.07, 6.45) is 3.82. The molecule has 0 saturated carbocycles. The van der Waals surface area contributed by atoms with E-state index in [1.165, 1.54) is 0 Å². The second-order valence-electron chi connectivity index (χ2n) is 5.67. The molecule has 1 atom stereocenters. The van der Waals surface area contributed by atoms with E-state index in [1.54, 1.807) is 5.01 Å². The molecule has 1 aliphatic rings. The van der Waals surface area contributed by atoms with Crippen molar-refractivity contribution in [1.82, 2.24) is 10.4 Å². The third-order valence-electron chi connectivity index (χ3n) is 4.03. The highest BCUT2D eigenvalue weighted by molar-refractivity contribution is 5.86. The van der Waals surface area contributed by atoms with Gasteiger partial charge in [0.25, 0.3) is 0 Å². The van der Waals surface area contributed by atoms with Gasteiger partial charge < -0.3 is 16.2 Å². The number of nitrogens with zero attached hydrogens (tertiary/aromatic N) is 1. The Kier molecular flexibility index (Phi) is 5.95. The second kappa shape index (κ2) is 7.94. The van der Waals surface area contributed by atoms with Crippen molar-refractivity contribution in [3.05, 3.63) is 42.3 Å². The van der Waals surface area contributed by atoms with Gasteiger partial charge >= 0.3 is 0 Å². The van der Waals surface area contributed by atoms with Crippen LogP contribution < -0.4 is 16.9 Å². The molecule has 1 unspecified atom stereocenters. The minimum Gasteiger partial charge on any atom is -0.376 e. The molecule has 0 aliphatic carbocycles. The number of hydrogen-bond donors (Lipinski definition) is 4. The lowest BCUT2D eigenvalue weighted by Gasteiger charge is -2.35. The van der Waals surface area contributed by atoms with Crippen LogP contribution in [0.2, 0.25) is 0 Å². The second-order valence-corrected chi connectivity index (χ2v) is 5.67. The molecule has 0 bridgehead atoms. The van der Waals surface area contributed by atoms with Crippen LogP contribution in [0.5, 0.6) is 0 Å². The summed E-state index contributed by atoms with van der Waals surface area (Å²) in [6.45, 7) is 1.58. The number of benzene rings is 1. The van der Waals surface area contributed by atoms with Gasteiger partial charge in [-0.05, 0) is 31.2 Å². The fraction of sp³-hybridized carbons (Fsp3) is 0.438. The van der Waals surface area contributed by atoms with Crippen LogP contribution >= 0.6 is 0 Å². The van der Waals surface area contributed by atoms with Crippen molar-refractivity contribution in [2.75, 3.05) is 13.2 Å². The highest BCUT2D eigenvalue weighted by atomic mass is 16.5. The van der Waals surface area contributed by atoms with Crippen LogP contribution in [0.4, 0.5) is 0 Å². The molecule has 1 radical (unpaired) electrons. The van der Waals surface area contributed by atoms with E-state index in [1.807, 2.05) is 36.8 Å². The first-order valence-electron chi connectivity index (χ1n) is 7.66. The number of carbonyl (C=O) groups excluding carboxylic acids is 1. The molecule has 1 saturated heterocycles. The van der Waals surface area contributed by atoms with Gasteiger partial charge in [0.05, 0.1) is 13.2 Å². The molecular formula is C16H24N5O2. The number of carbonyl (C=O) groups is 1. The molecule has 1 aromatic rings. The number of hydrogen-bond acceptors (Lipinski definition) is 4. The fourth-order valence-electron chi connectivity index (χ4n) is 2.89. The Morgan fingerprint density at radius 2 is 2.13 bits per heavy atom. The van der Waals surface area contributed by atoms with Crippen molar-refractivity contribution in [2.24, 2.45) is 11.5 Å². The minimum absolute atomic E-state index is 0.196. The summed E-state index contributed by atoms with van der Waals surface area (Å²) < 4.78 is 5.61. The number of nitrogens with two attached hydrogens (primary N) is 2. The van der Waals surface area contributed by atoms with Gasteiger partial charge in [-0.1, -0.05) is 30.3 Å². The molecule has 0 aromatic heterocycles. The van der Waals surface area contributed by atoms with Crippen molar-refractivity contribution in [3.8, 4) is 0 Å². The maximum Gasteiger partial charge on any atom is 0.239 e. The first-order chi connectivity index (χ1) is 11.0. The van der Waals surface area contributed by atoms with E-state index in [0.29, 0.717) is 32.6 Å². The predicted molar refractivity (Wildman–Crippen MR) is 87.9 cm³/mol. The predicted octanol–water partition coefficient (Wildman–Crippen LogP) is 0.516. The summed E-state index contributed by atoms with van der Waals surface area (Å²) in [5, 5.41) is 9.03. The Balaban J connectivity index is 1.83. The molecule has 1 amide bonds. The van der Waals surface area contributed by atoms with Crippen molar-refractivity contribution in [2.45, 2.75) is 31.4 Å². The van der Waals surface area contributed by atoms with Crippen LogP contribution in [0, 0.1) is 11.8 Å². The van der Waals surface area contributed by atoms with Gasteiger partial charge in [-0.25, -0.2) is 5.01 Å². The summed E-state index contributed by atoms with van der Waals surface area (Å²) in [4.78, 5) is 12.0. The van der Waals surface area contributed by atoms with E-state index in [9.17, 15) is 4.79 Å². The lowest BCUT2D eigenvalue weighted by atomic mass is 9.90. The summed E-state index contributed by atoms with van der Waals surface area (Å²) in [5.74, 6) is -0.610. The quantitative estimate of drug-likeness (QED) is 0.316. The third-order valence-corrected chi connectivity index (χ3v) is 4.03. The molecular weight excluding hydrogens is 294 g/mol. The van der Waals surface area contributed by atoms with E-state index in [4.69, 9.17) is 21.6 Å². The Morgan fingerprint density at radius 1 is 1.39 bits per heavy atom. The minimum atomic E-state index is -0.845. The third kappa shape index (κ3) is 4.43. The van der Waals surface area contributed by atoms with Gasteiger partial charge in [0.15, 0.2) is 0 Å². The van der Waals surface area contributed by atoms with Crippen LogP contribution in [0.15, 0.2) is 30.3 Å². The van der Waals surface area contributed by atoms with Gasteiger partial charge in [-0.2, -0.15) is 0 Å². The number of nitrogens with one attached hydrogen (secondary N) is 2. The first kappa shape index (κ1) is 17.2. The van der Waals surface area contributed by atoms with Crippen molar-refractivity contribution >= 4 is 11.9 Å². The van der Waals surface area contributed by atoms with E-state index >= 15 is 0 Å². The number of hydrazine groups is 1. The van der Waals surface area contributed by atoms with Gasteiger partial charge in [0.1, 0.15) is 5.54 Å². The largest absolute Gasteiger partial charge is 0.376 e. The SMILES string of the molecule is N=C(N)NN1CCCC1(C[CH]COCc1ccccc1)C(N)=O. The van der Waals surface area contributed by atoms with Gasteiger partial charge in [-0.15, -0.1) is 0 Å². The van der Waals surface area contributed by atoms with Gasteiger partial charge in [-0.3, -0.25) is 15.6 Å². The average molecular weight is 318 g/mol. The van der Waals surface area contributed by atoms with Crippen molar-refractivity contribution in [1.29, 1.82) is 5.41 Å². The zero-order chi connectivity index (χ0) is 16.7. The Morgan fingerprint density at radius 3 is 2.78 bits per heavy atom. The normalized spacial score (nSPS) is 21.2. The number of ether oxygens (including phenoxy) is 1. The number of primary amides is 1. The Bertz CT molecular complexity index is 537. The number of rotatable bonds is 8. The first-order valence-corrected chi connectivity index (χ1v) is 7.66. The Labute approximate surface area is 136 Å². The lowest BCUT2D eigenvalue weighted by molar-refractivity contribution is -0.129. The van der Waals surface area contributed by atoms with Crippen LogP contribution in [-0.2, 0) is 16.1 Å². The van der Waals surface area contributed by atoms with Gasteiger partial charge in [0.2, 0.25) is 11.9 Å². The molecule has 7 heteroatoms. The summed E-state index contributed by atoms with van der Waals surface area (Å²) in [7, 11) is 0. The fourth-order valence-corrected chi connectivity index (χ4v) is 2.89. The molecule has 23 heavy (non-hydrogen) atoms. The highest BCUT2D eigenvalue weighted by Gasteiger charge is 2.46. The molecule has 1 heterocycles. The highest BCUT2D eigenvalue weighted by Crippen LogP contribution is 2.31. The van der Waals surface area contributed by atoms with E-state index in [2.05, 4.69) is 5.43 Å². The van der Waals surface area contributed by atoms with Crippen LogP contribution in [0.25, 0.3) is 0 Å². The topological polar surface area (TPSA) is 117 Å². The zero-order valence-corrected chi connectivity index (χ0v) is 13.1. The van der Waals surface area contributed by atoms with Crippen molar-refractivity contribution < 1.29 is 9.53 Å². The summed E-state index contributed by atoms with van der Waals surface area (Å²) >= 11 is 0.